The maximum atomic E-state index is 11.7. The molecule has 106 valence electrons. The SMILES string of the molecule is CC(=O)Nc1ccc(C(=O)NCCCCN)cc1.Cl. The summed E-state index contributed by atoms with van der Waals surface area (Å²) < 4.78 is 0. The van der Waals surface area contributed by atoms with E-state index in [0.717, 1.165) is 12.8 Å². The number of carbonyl (C=O) groups excluding carboxylic acids is 2. The highest BCUT2D eigenvalue weighted by Crippen LogP contribution is 2.09. The number of hydrogen-bond acceptors (Lipinski definition) is 3. The molecule has 19 heavy (non-hydrogen) atoms. The molecule has 4 N–H and O–H groups in total. The van der Waals surface area contributed by atoms with Gasteiger partial charge in [-0.15, -0.1) is 12.4 Å². The fourth-order valence-corrected chi connectivity index (χ4v) is 1.48. The molecule has 6 heteroatoms. The van der Waals surface area contributed by atoms with Crippen molar-refractivity contribution in [1.29, 1.82) is 0 Å². The van der Waals surface area contributed by atoms with Gasteiger partial charge in [0.05, 0.1) is 0 Å². The molecule has 0 aliphatic carbocycles. The fraction of sp³-hybridized carbons (Fsp3) is 0.385. The largest absolute Gasteiger partial charge is 0.352 e. The predicted molar refractivity (Wildman–Crippen MR) is 78.6 cm³/mol. The van der Waals surface area contributed by atoms with E-state index < -0.39 is 0 Å². The normalized spacial score (nSPS) is 9.37. The van der Waals surface area contributed by atoms with E-state index in [-0.39, 0.29) is 24.2 Å². The van der Waals surface area contributed by atoms with Gasteiger partial charge in [0.15, 0.2) is 0 Å². The van der Waals surface area contributed by atoms with Crippen LogP contribution in [-0.4, -0.2) is 24.9 Å². The Hall–Kier alpha value is -1.59. The van der Waals surface area contributed by atoms with Crippen LogP contribution in [0.3, 0.4) is 0 Å². The Morgan fingerprint density at radius 2 is 1.79 bits per heavy atom. The molecule has 0 aliphatic rings. The number of rotatable bonds is 6. The molecule has 0 radical (unpaired) electrons. The number of nitrogens with two attached hydrogens (primary N) is 1. The van der Waals surface area contributed by atoms with Gasteiger partial charge in [-0.2, -0.15) is 0 Å². The maximum Gasteiger partial charge on any atom is 0.251 e. The molecule has 0 atom stereocenters. The van der Waals surface area contributed by atoms with Crippen molar-refractivity contribution < 1.29 is 9.59 Å². The lowest BCUT2D eigenvalue weighted by Gasteiger charge is -2.06. The average molecular weight is 286 g/mol. The van der Waals surface area contributed by atoms with Crippen LogP contribution >= 0.6 is 12.4 Å². The summed E-state index contributed by atoms with van der Waals surface area (Å²) in [5, 5.41) is 5.46. The van der Waals surface area contributed by atoms with Crippen molar-refractivity contribution in [1.82, 2.24) is 5.32 Å². The molecule has 0 fully saturated rings. The number of halogens is 1. The molecule has 0 heterocycles. The van der Waals surface area contributed by atoms with Crippen molar-refractivity contribution in [3.8, 4) is 0 Å². The number of carbonyl (C=O) groups is 2. The number of anilines is 1. The van der Waals surface area contributed by atoms with Crippen LogP contribution in [0.5, 0.6) is 0 Å². The minimum absolute atomic E-state index is 0. The van der Waals surface area contributed by atoms with Crippen LogP contribution in [0.2, 0.25) is 0 Å². The monoisotopic (exact) mass is 285 g/mol. The number of unbranched alkanes of at least 4 members (excludes halogenated alkanes) is 1. The quantitative estimate of drug-likeness (QED) is 0.693. The fourth-order valence-electron chi connectivity index (χ4n) is 1.48. The maximum absolute atomic E-state index is 11.7. The highest BCUT2D eigenvalue weighted by atomic mass is 35.5. The van der Waals surface area contributed by atoms with E-state index in [1.807, 2.05) is 0 Å². The zero-order valence-corrected chi connectivity index (χ0v) is 11.8. The van der Waals surface area contributed by atoms with Crippen LogP contribution in [0, 0.1) is 0 Å². The second-order valence-electron chi connectivity index (χ2n) is 4.01. The van der Waals surface area contributed by atoms with Gasteiger partial charge >= 0.3 is 0 Å². The summed E-state index contributed by atoms with van der Waals surface area (Å²) in [4.78, 5) is 22.5. The van der Waals surface area contributed by atoms with Crippen molar-refractivity contribution in [3.05, 3.63) is 29.8 Å². The van der Waals surface area contributed by atoms with Gasteiger partial charge < -0.3 is 16.4 Å². The first-order valence-electron chi connectivity index (χ1n) is 5.99. The highest BCUT2D eigenvalue weighted by Gasteiger charge is 2.04. The predicted octanol–water partition coefficient (Wildman–Crippen LogP) is 1.54. The zero-order valence-electron chi connectivity index (χ0n) is 10.9. The van der Waals surface area contributed by atoms with Gasteiger partial charge in [-0.1, -0.05) is 0 Å². The lowest BCUT2D eigenvalue weighted by atomic mass is 10.2. The zero-order chi connectivity index (χ0) is 13.4. The Kier molecular flexibility index (Phi) is 8.57. The molecule has 1 aromatic carbocycles. The Bertz CT molecular complexity index is 407. The first-order valence-corrected chi connectivity index (χ1v) is 5.99. The van der Waals surface area contributed by atoms with Crippen molar-refractivity contribution in [2.24, 2.45) is 5.73 Å². The third-order valence-electron chi connectivity index (χ3n) is 2.38. The highest BCUT2D eigenvalue weighted by molar-refractivity contribution is 5.95. The summed E-state index contributed by atoms with van der Waals surface area (Å²) in [6.45, 7) is 2.71. The second-order valence-corrected chi connectivity index (χ2v) is 4.01. The molecular formula is C13H20ClN3O2. The Morgan fingerprint density at radius 1 is 1.16 bits per heavy atom. The van der Waals surface area contributed by atoms with Crippen molar-refractivity contribution in [3.63, 3.8) is 0 Å². The van der Waals surface area contributed by atoms with E-state index in [4.69, 9.17) is 5.73 Å². The topological polar surface area (TPSA) is 84.2 Å². The smallest absolute Gasteiger partial charge is 0.251 e. The number of amides is 2. The summed E-state index contributed by atoms with van der Waals surface area (Å²) in [7, 11) is 0. The van der Waals surface area contributed by atoms with Crippen LogP contribution in [0.4, 0.5) is 5.69 Å². The molecule has 0 spiro atoms. The Morgan fingerprint density at radius 3 is 2.32 bits per heavy atom. The average Bonchev–Trinajstić information content (AvgIpc) is 2.34. The van der Waals surface area contributed by atoms with Gasteiger partial charge in [0.1, 0.15) is 0 Å². The van der Waals surface area contributed by atoms with E-state index >= 15 is 0 Å². The van der Waals surface area contributed by atoms with Gasteiger partial charge in [-0.25, -0.2) is 0 Å². The minimum atomic E-state index is -0.131. The van der Waals surface area contributed by atoms with Crippen LogP contribution in [0.15, 0.2) is 24.3 Å². The van der Waals surface area contributed by atoms with Crippen LogP contribution < -0.4 is 16.4 Å². The molecule has 0 aliphatic heterocycles. The van der Waals surface area contributed by atoms with E-state index in [2.05, 4.69) is 10.6 Å². The van der Waals surface area contributed by atoms with Gasteiger partial charge in [0.2, 0.25) is 5.91 Å². The molecule has 0 saturated carbocycles. The molecule has 0 aromatic heterocycles. The van der Waals surface area contributed by atoms with Crippen LogP contribution in [0.1, 0.15) is 30.1 Å². The van der Waals surface area contributed by atoms with E-state index in [1.165, 1.54) is 6.92 Å². The van der Waals surface area contributed by atoms with Crippen molar-refractivity contribution in [2.45, 2.75) is 19.8 Å². The molecule has 1 aromatic rings. The van der Waals surface area contributed by atoms with Crippen molar-refractivity contribution >= 4 is 29.9 Å². The summed E-state index contributed by atoms with van der Waals surface area (Å²) in [6.07, 6.45) is 1.79. The first kappa shape index (κ1) is 17.4. The second kappa shape index (κ2) is 9.35. The lowest BCUT2D eigenvalue weighted by molar-refractivity contribution is -0.114. The number of hydrogen-bond donors (Lipinski definition) is 3. The van der Waals surface area contributed by atoms with E-state index in [1.54, 1.807) is 24.3 Å². The third-order valence-corrected chi connectivity index (χ3v) is 2.38. The van der Waals surface area contributed by atoms with Gasteiger partial charge in [-0.05, 0) is 43.7 Å². The van der Waals surface area contributed by atoms with E-state index in [9.17, 15) is 9.59 Å². The molecule has 0 bridgehead atoms. The van der Waals surface area contributed by atoms with Gasteiger partial charge in [-0.3, -0.25) is 9.59 Å². The standard InChI is InChI=1S/C13H19N3O2.ClH/c1-10(17)16-12-6-4-11(5-7-12)13(18)15-9-3-2-8-14;/h4-7H,2-3,8-9,14H2,1H3,(H,15,18)(H,16,17);1H. The van der Waals surface area contributed by atoms with Crippen LogP contribution in [0.25, 0.3) is 0 Å². The van der Waals surface area contributed by atoms with Gasteiger partial charge in [0.25, 0.3) is 5.91 Å². The lowest BCUT2D eigenvalue weighted by Crippen LogP contribution is -2.24. The van der Waals surface area contributed by atoms with Gasteiger partial charge in [0, 0.05) is 24.7 Å². The first-order chi connectivity index (χ1) is 8.63. The molecule has 1 rings (SSSR count). The molecular weight excluding hydrogens is 266 g/mol. The molecule has 0 saturated heterocycles. The molecule has 2 amide bonds. The molecule has 5 nitrogen and oxygen atoms in total. The summed E-state index contributed by atoms with van der Waals surface area (Å²) in [6, 6.07) is 6.78. The Balaban J connectivity index is 0.00000324. The minimum Gasteiger partial charge on any atom is -0.352 e. The number of nitrogens with one attached hydrogen (secondary N) is 2. The van der Waals surface area contributed by atoms with E-state index in [0.29, 0.717) is 24.3 Å². The summed E-state index contributed by atoms with van der Waals surface area (Å²) in [5.41, 5.74) is 6.63. The summed E-state index contributed by atoms with van der Waals surface area (Å²) in [5.74, 6) is -0.240. The summed E-state index contributed by atoms with van der Waals surface area (Å²) >= 11 is 0. The van der Waals surface area contributed by atoms with Crippen LogP contribution in [-0.2, 0) is 4.79 Å². The molecule has 0 unspecified atom stereocenters. The Labute approximate surface area is 119 Å². The number of benzene rings is 1. The third kappa shape index (κ3) is 6.79. The van der Waals surface area contributed by atoms with Crippen molar-refractivity contribution in [2.75, 3.05) is 18.4 Å².